The summed E-state index contributed by atoms with van der Waals surface area (Å²) in [7, 11) is 0. The van der Waals surface area contributed by atoms with E-state index in [1.54, 1.807) is 0 Å². The van der Waals surface area contributed by atoms with Crippen LogP contribution < -0.4 is 5.73 Å². The van der Waals surface area contributed by atoms with Crippen molar-refractivity contribution in [3.05, 3.63) is 71.9 Å². The molecule has 1 saturated heterocycles. The third kappa shape index (κ3) is 9.28. The fourth-order valence-electron chi connectivity index (χ4n) is 4.23. The van der Waals surface area contributed by atoms with Gasteiger partial charge in [0.2, 0.25) is 0 Å². The second-order valence-electron chi connectivity index (χ2n) is 9.37. The molecule has 0 saturated carbocycles. The smallest absolute Gasteiger partial charge is 0.331 e. The highest BCUT2D eigenvalue weighted by molar-refractivity contribution is 5.82. The molecule has 5 heteroatoms. The summed E-state index contributed by atoms with van der Waals surface area (Å²) in [5.41, 5.74) is 8.75. The fraction of sp³-hybridized carbons (Fsp3) is 0.536. The van der Waals surface area contributed by atoms with E-state index in [0.717, 1.165) is 18.4 Å². The number of carbonyl (C=O) groups excluding carboxylic acids is 1. The summed E-state index contributed by atoms with van der Waals surface area (Å²) >= 11 is 0. The van der Waals surface area contributed by atoms with E-state index in [2.05, 4.69) is 32.9 Å². The minimum Gasteiger partial charge on any atom is -0.455 e. The second kappa shape index (κ2) is 13.5. The molecule has 0 radical (unpaired) electrons. The van der Waals surface area contributed by atoms with Crippen molar-refractivity contribution < 1.29 is 19.4 Å². The standard InChI is InChI=1S/C28H41NO4/c1-6-9-26-22(5)25(30)18-27(33-26)24(29)12-7-10-19(2)16-21(4)17-20(3)14-15-23-11-8-13-28(31)32-23/h6-10,12-15,17,21-27,30H,11,16,18,29H2,1-5H3/b9-6+,12-7+,15-14+,19-10+,20-17-/t21-,22+,23-,24+,25-,26+,27+/m1/s1. The molecule has 2 rings (SSSR count). The summed E-state index contributed by atoms with van der Waals surface area (Å²) in [5, 5.41) is 10.4. The maximum Gasteiger partial charge on any atom is 0.331 e. The third-order valence-corrected chi connectivity index (χ3v) is 6.11. The Kier molecular flexibility index (Phi) is 11.0. The zero-order chi connectivity index (χ0) is 24.4. The summed E-state index contributed by atoms with van der Waals surface area (Å²) in [6, 6.07) is -0.266. The lowest BCUT2D eigenvalue weighted by Gasteiger charge is -2.38. The molecule has 1 fully saturated rings. The molecule has 0 amide bonds. The van der Waals surface area contributed by atoms with Crippen LogP contribution in [-0.4, -0.2) is 41.5 Å². The van der Waals surface area contributed by atoms with Crippen molar-refractivity contribution in [1.82, 2.24) is 0 Å². The molecule has 0 aromatic rings. The van der Waals surface area contributed by atoms with Gasteiger partial charge in [-0.2, -0.15) is 0 Å². The van der Waals surface area contributed by atoms with Gasteiger partial charge in [0.1, 0.15) is 6.10 Å². The van der Waals surface area contributed by atoms with Gasteiger partial charge in [0.15, 0.2) is 0 Å². The Morgan fingerprint density at radius 3 is 2.79 bits per heavy atom. The largest absolute Gasteiger partial charge is 0.455 e. The lowest BCUT2D eigenvalue weighted by molar-refractivity contribution is -0.141. The molecular formula is C28H41NO4. The molecule has 5 nitrogen and oxygen atoms in total. The first-order valence-electron chi connectivity index (χ1n) is 12.0. The van der Waals surface area contributed by atoms with Crippen LogP contribution in [0.2, 0.25) is 0 Å². The Labute approximate surface area is 199 Å². The van der Waals surface area contributed by atoms with Crippen molar-refractivity contribution in [3.8, 4) is 0 Å². The Balaban J connectivity index is 1.85. The number of cyclic esters (lactones) is 1. The first-order chi connectivity index (χ1) is 15.7. The van der Waals surface area contributed by atoms with E-state index >= 15 is 0 Å². The third-order valence-electron chi connectivity index (χ3n) is 6.11. The molecule has 182 valence electrons. The maximum atomic E-state index is 11.3. The molecule has 3 N–H and O–H groups in total. The number of ether oxygens (including phenoxy) is 2. The number of aliphatic hydroxyl groups is 1. The molecule has 7 atom stereocenters. The average Bonchev–Trinajstić information content (AvgIpc) is 2.75. The summed E-state index contributed by atoms with van der Waals surface area (Å²) in [4.78, 5) is 11.3. The second-order valence-corrected chi connectivity index (χ2v) is 9.37. The SMILES string of the molecule is C/C=C/[C@@H]1O[C@H]([C@@H](N)/C=C/C=C(\C)C[C@@H](C)/C=C(C)\C=C\[C@H]2CC=CC(=O)O2)C[C@@H](O)[C@@H]1C. The molecule has 0 bridgehead atoms. The van der Waals surface area contributed by atoms with Gasteiger partial charge in [0.25, 0.3) is 0 Å². The van der Waals surface area contributed by atoms with E-state index in [-0.39, 0.29) is 36.2 Å². The van der Waals surface area contributed by atoms with Crippen LogP contribution in [0.1, 0.15) is 53.9 Å². The van der Waals surface area contributed by atoms with Crippen LogP contribution in [-0.2, 0) is 14.3 Å². The molecular weight excluding hydrogens is 414 g/mol. The zero-order valence-electron chi connectivity index (χ0n) is 20.7. The molecule has 33 heavy (non-hydrogen) atoms. The van der Waals surface area contributed by atoms with Crippen LogP contribution >= 0.6 is 0 Å². The Bertz CT molecular complexity index is 820. The van der Waals surface area contributed by atoms with E-state index in [4.69, 9.17) is 15.2 Å². The number of aliphatic hydroxyl groups excluding tert-OH is 1. The van der Waals surface area contributed by atoms with Gasteiger partial charge in [-0.25, -0.2) is 4.79 Å². The predicted molar refractivity (Wildman–Crippen MR) is 134 cm³/mol. The van der Waals surface area contributed by atoms with Crippen molar-refractivity contribution in [2.24, 2.45) is 17.6 Å². The molecule has 0 unspecified atom stereocenters. The lowest BCUT2D eigenvalue weighted by atomic mass is 9.88. The molecule has 0 aromatic carbocycles. The van der Waals surface area contributed by atoms with Gasteiger partial charge in [0.05, 0.1) is 18.3 Å². The summed E-state index contributed by atoms with van der Waals surface area (Å²) in [5.74, 6) is 0.164. The number of hydrogen-bond acceptors (Lipinski definition) is 5. The zero-order valence-corrected chi connectivity index (χ0v) is 20.7. The Morgan fingerprint density at radius 1 is 1.33 bits per heavy atom. The summed E-state index contributed by atoms with van der Waals surface area (Å²) in [6.45, 7) is 10.3. The van der Waals surface area contributed by atoms with Gasteiger partial charge in [-0.15, -0.1) is 0 Å². The highest BCUT2D eigenvalue weighted by Gasteiger charge is 2.35. The lowest BCUT2D eigenvalue weighted by Crippen LogP contribution is -2.48. The molecule has 0 spiro atoms. The average molecular weight is 456 g/mol. The van der Waals surface area contributed by atoms with E-state index in [1.165, 1.54) is 11.6 Å². The normalized spacial score (nSPS) is 31.5. The Morgan fingerprint density at radius 2 is 2.09 bits per heavy atom. The summed E-state index contributed by atoms with van der Waals surface area (Å²) < 4.78 is 11.4. The fourth-order valence-corrected chi connectivity index (χ4v) is 4.23. The number of nitrogens with two attached hydrogens (primary N) is 1. The van der Waals surface area contributed by atoms with E-state index in [9.17, 15) is 9.90 Å². The first-order valence-corrected chi connectivity index (χ1v) is 12.0. The highest BCUT2D eigenvalue weighted by Crippen LogP contribution is 2.28. The van der Waals surface area contributed by atoms with Crippen LogP contribution in [0, 0.1) is 11.8 Å². The van der Waals surface area contributed by atoms with Crippen LogP contribution in [0.5, 0.6) is 0 Å². The maximum absolute atomic E-state index is 11.3. The van der Waals surface area contributed by atoms with Gasteiger partial charge in [-0.05, 0) is 39.2 Å². The van der Waals surface area contributed by atoms with E-state index < -0.39 is 6.10 Å². The number of carbonyl (C=O) groups is 1. The van der Waals surface area contributed by atoms with Crippen molar-refractivity contribution in [2.75, 3.05) is 0 Å². The molecule has 2 heterocycles. The van der Waals surface area contributed by atoms with Crippen LogP contribution in [0.4, 0.5) is 0 Å². The van der Waals surface area contributed by atoms with Crippen LogP contribution in [0.3, 0.4) is 0 Å². The van der Waals surface area contributed by atoms with Crippen LogP contribution in [0.15, 0.2) is 71.9 Å². The highest BCUT2D eigenvalue weighted by atomic mass is 16.5. The quantitative estimate of drug-likeness (QED) is 0.292. The minimum absolute atomic E-state index is 0.0677. The monoisotopic (exact) mass is 455 g/mol. The van der Waals surface area contributed by atoms with E-state index in [1.807, 2.05) is 56.4 Å². The number of rotatable bonds is 9. The molecule has 2 aliphatic rings. The van der Waals surface area contributed by atoms with Crippen molar-refractivity contribution >= 4 is 5.97 Å². The van der Waals surface area contributed by atoms with Gasteiger partial charge in [-0.1, -0.05) is 73.6 Å². The molecule has 0 aliphatic carbocycles. The number of allylic oxidation sites excluding steroid dienone is 7. The molecule has 2 aliphatic heterocycles. The molecule has 0 aromatic heterocycles. The van der Waals surface area contributed by atoms with Gasteiger partial charge < -0.3 is 20.3 Å². The van der Waals surface area contributed by atoms with Crippen LogP contribution in [0.25, 0.3) is 0 Å². The Hall–Kier alpha value is -2.21. The first kappa shape index (κ1) is 27.0. The van der Waals surface area contributed by atoms with Gasteiger partial charge >= 0.3 is 5.97 Å². The topological polar surface area (TPSA) is 81.8 Å². The van der Waals surface area contributed by atoms with Gasteiger partial charge in [0, 0.05) is 30.9 Å². The van der Waals surface area contributed by atoms with Gasteiger partial charge in [-0.3, -0.25) is 0 Å². The van der Waals surface area contributed by atoms with Crippen molar-refractivity contribution in [1.29, 1.82) is 0 Å². The summed E-state index contributed by atoms with van der Waals surface area (Å²) in [6.07, 6.45) is 20.8. The minimum atomic E-state index is -0.409. The predicted octanol–water partition coefficient (Wildman–Crippen LogP) is 4.95. The van der Waals surface area contributed by atoms with Crippen molar-refractivity contribution in [3.63, 3.8) is 0 Å². The number of esters is 1. The number of hydrogen-bond donors (Lipinski definition) is 2. The van der Waals surface area contributed by atoms with E-state index in [0.29, 0.717) is 12.3 Å². The van der Waals surface area contributed by atoms with Crippen molar-refractivity contribution in [2.45, 2.75) is 84.3 Å².